The third-order valence-electron chi connectivity index (χ3n) is 4.38. The smallest absolute Gasteiger partial charge is 0.339 e. The first-order chi connectivity index (χ1) is 10.2. The first-order valence-electron chi connectivity index (χ1n) is 8.15. The van der Waals surface area contributed by atoms with E-state index in [1.54, 1.807) is 0 Å². The third kappa shape index (κ3) is 3.96. The predicted octanol–water partition coefficient (Wildman–Crippen LogP) is 3.90. The summed E-state index contributed by atoms with van der Waals surface area (Å²) in [6, 6.07) is 1.81. The zero-order valence-electron chi connectivity index (χ0n) is 13.1. The topological polar surface area (TPSA) is 62.2 Å². The van der Waals surface area contributed by atoms with E-state index in [-0.39, 0.29) is 0 Å². The first kappa shape index (κ1) is 15.8. The van der Waals surface area contributed by atoms with Gasteiger partial charge in [-0.25, -0.2) is 9.78 Å². The van der Waals surface area contributed by atoms with Crippen LogP contribution in [0.3, 0.4) is 0 Å². The molecule has 0 saturated heterocycles. The lowest BCUT2D eigenvalue weighted by Gasteiger charge is -2.17. The molecule has 4 nitrogen and oxygen atoms in total. The first-order valence-corrected chi connectivity index (χ1v) is 8.15. The maximum atomic E-state index is 11.4. The number of anilines is 1. The van der Waals surface area contributed by atoms with Crippen LogP contribution in [0.4, 0.5) is 5.82 Å². The molecular weight excluding hydrogens is 264 g/mol. The largest absolute Gasteiger partial charge is 0.478 e. The quantitative estimate of drug-likeness (QED) is 0.762. The van der Waals surface area contributed by atoms with Crippen molar-refractivity contribution in [1.29, 1.82) is 0 Å². The van der Waals surface area contributed by atoms with Crippen molar-refractivity contribution < 1.29 is 9.90 Å². The molecule has 2 rings (SSSR count). The van der Waals surface area contributed by atoms with Crippen molar-refractivity contribution in [3.63, 3.8) is 0 Å². The van der Waals surface area contributed by atoms with Crippen molar-refractivity contribution in [1.82, 2.24) is 4.98 Å². The fourth-order valence-corrected chi connectivity index (χ4v) is 2.95. The van der Waals surface area contributed by atoms with Gasteiger partial charge in [0.1, 0.15) is 11.4 Å². The summed E-state index contributed by atoms with van der Waals surface area (Å²) >= 11 is 0. The molecule has 1 unspecified atom stereocenters. The molecule has 0 aromatic carbocycles. The highest BCUT2D eigenvalue weighted by Gasteiger charge is 2.20. The number of unbranched alkanes of at least 4 members (excludes halogenated alkanes) is 1. The maximum Gasteiger partial charge on any atom is 0.339 e. The average molecular weight is 290 g/mol. The number of fused-ring (bicyclic) bond motifs is 1. The van der Waals surface area contributed by atoms with E-state index in [4.69, 9.17) is 0 Å². The fraction of sp³-hybridized carbons (Fsp3) is 0.647. The molecule has 2 N–H and O–H groups in total. The van der Waals surface area contributed by atoms with Crippen LogP contribution in [0.1, 0.15) is 67.6 Å². The molecule has 21 heavy (non-hydrogen) atoms. The van der Waals surface area contributed by atoms with Gasteiger partial charge < -0.3 is 10.4 Å². The standard InChI is InChI=1S/C17H26N2O2/c1-3-5-7-12(4-2)11-18-16-14(17(20)21)10-13-8-6-9-15(13)19-16/h10,12H,3-9,11H2,1-2H3,(H,18,19)(H,20,21). The highest BCUT2D eigenvalue weighted by atomic mass is 16.4. The molecular formula is C17H26N2O2. The lowest BCUT2D eigenvalue weighted by molar-refractivity contribution is 0.0697. The summed E-state index contributed by atoms with van der Waals surface area (Å²) in [5, 5.41) is 12.7. The van der Waals surface area contributed by atoms with Gasteiger partial charge in [0.25, 0.3) is 0 Å². The van der Waals surface area contributed by atoms with Crippen LogP contribution in [0.25, 0.3) is 0 Å². The summed E-state index contributed by atoms with van der Waals surface area (Å²) in [5.41, 5.74) is 2.50. The molecule has 1 aromatic rings. The number of carboxylic acid groups (broad SMARTS) is 1. The minimum absolute atomic E-state index is 0.320. The van der Waals surface area contributed by atoms with Crippen LogP contribution in [-0.2, 0) is 12.8 Å². The van der Waals surface area contributed by atoms with Crippen LogP contribution >= 0.6 is 0 Å². The Morgan fingerprint density at radius 3 is 2.90 bits per heavy atom. The number of aryl methyl sites for hydroxylation is 2. The molecule has 0 radical (unpaired) electrons. The SMILES string of the molecule is CCCCC(CC)CNc1nc2c(cc1C(=O)O)CCC2. The number of aromatic carboxylic acids is 1. The van der Waals surface area contributed by atoms with Crippen molar-refractivity contribution >= 4 is 11.8 Å². The average Bonchev–Trinajstić information content (AvgIpc) is 2.93. The second-order valence-electron chi connectivity index (χ2n) is 5.95. The number of nitrogens with one attached hydrogen (secondary N) is 1. The molecule has 0 aliphatic heterocycles. The molecule has 116 valence electrons. The van der Waals surface area contributed by atoms with Crippen molar-refractivity contribution in [2.45, 2.75) is 58.8 Å². The van der Waals surface area contributed by atoms with E-state index in [0.717, 1.165) is 43.5 Å². The summed E-state index contributed by atoms with van der Waals surface area (Å²) in [5.74, 6) is 0.251. The van der Waals surface area contributed by atoms with Gasteiger partial charge in [-0.15, -0.1) is 0 Å². The lowest BCUT2D eigenvalue weighted by Crippen LogP contribution is -2.17. The van der Waals surface area contributed by atoms with E-state index in [1.165, 1.54) is 19.3 Å². The van der Waals surface area contributed by atoms with Gasteiger partial charge in [-0.2, -0.15) is 0 Å². The van der Waals surface area contributed by atoms with Crippen molar-refractivity contribution in [3.05, 3.63) is 22.9 Å². The summed E-state index contributed by atoms with van der Waals surface area (Å²) in [7, 11) is 0. The van der Waals surface area contributed by atoms with E-state index < -0.39 is 5.97 Å². The van der Waals surface area contributed by atoms with Crippen LogP contribution in [-0.4, -0.2) is 22.6 Å². The Kier molecular flexibility index (Phi) is 5.59. The highest BCUT2D eigenvalue weighted by Crippen LogP contribution is 2.26. The zero-order valence-corrected chi connectivity index (χ0v) is 13.1. The number of aromatic nitrogens is 1. The monoisotopic (exact) mass is 290 g/mol. The second-order valence-corrected chi connectivity index (χ2v) is 5.95. The van der Waals surface area contributed by atoms with E-state index in [0.29, 0.717) is 17.3 Å². The Morgan fingerprint density at radius 2 is 2.24 bits per heavy atom. The van der Waals surface area contributed by atoms with Gasteiger partial charge in [-0.05, 0) is 43.2 Å². The summed E-state index contributed by atoms with van der Waals surface area (Å²) < 4.78 is 0. The van der Waals surface area contributed by atoms with Crippen LogP contribution < -0.4 is 5.32 Å². The number of carbonyl (C=O) groups is 1. The highest BCUT2D eigenvalue weighted by molar-refractivity contribution is 5.93. The van der Waals surface area contributed by atoms with Gasteiger partial charge in [0.2, 0.25) is 0 Å². The molecule has 1 aliphatic rings. The number of nitrogens with zero attached hydrogens (tertiary/aromatic N) is 1. The van der Waals surface area contributed by atoms with Crippen molar-refractivity contribution in [3.8, 4) is 0 Å². The van der Waals surface area contributed by atoms with E-state index in [9.17, 15) is 9.90 Å². The Hall–Kier alpha value is -1.58. The Balaban J connectivity index is 2.09. The number of hydrogen-bond donors (Lipinski definition) is 2. The molecule has 0 fully saturated rings. The van der Waals surface area contributed by atoms with Gasteiger partial charge in [0.15, 0.2) is 0 Å². The minimum Gasteiger partial charge on any atom is -0.478 e. The Bertz CT molecular complexity index is 500. The molecule has 1 atom stereocenters. The molecule has 1 aliphatic carbocycles. The van der Waals surface area contributed by atoms with Crippen LogP contribution in [0.15, 0.2) is 6.07 Å². The Morgan fingerprint density at radius 1 is 1.43 bits per heavy atom. The predicted molar refractivity (Wildman–Crippen MR) is 85.0 cm³/mol. The van der Waals surface area contributed by atoms with Gasteiger partial charge in [0, 0.05) is 12.2 Å². The van der Waals surface area contributed by atoms with Gasteiger partial charge in [0.05, 0.1) is 0 Å². The number of hydrogen-bond acceptors (Lipinski definition) is 3. The van der Waals surface area contributed by atoms with E-state index in [2.05, 4.69) is 24.1 Å². The van der Waals surface area contributed by atoms with Crippen molar-refractivity contribution in [2.75, 3.05) is 11.9 Å². The second kappa shape index (κ2) is 7.43. The molecule has 4 heteroatoms. The van der Waals surface area contributed by atoms with E-state index in [1.807, 2.05) is 6.07 Å². The van der Waals surface area contributed by atoms with Gasteiger partial charge in [-0.1, -0.05) is 33.1 Å². The number of rotatable bonds is 8. The van der Waals surface area contributed by atoms with Crippen LogP contribution in [0, 0.1) is 5.92 Å². The summed E-state index contributed by atoms with van der Waals surface area (Å²) in [6.07, 6.45) is 7.73. The summed E-state index contributed by atoms with van der Waals surface area (Å²) in [6.45, 7) is 5.20. The van der Waals surface area contributed by atoms with Crippen LogP contribution in [0.2, 0.25) is 0 Å². The molecule has 0 saturated carbocycles. The van der Waals surface area contributed by atoms with E-state index >= 15 is 0 Å². The molecule has 0 amide bonds. The molecule has 0 bridgehead atoms. The Labute approximate surface area is 127 Å². The summed E-state index contributed by atoms with van der Waals surface area (Å²) in [4.78, 5) is 16.0. The van der Waals surface area contributed by atoms with Crippen LogP contribution in [0.5, 0.6) is 0 Å². The zero-order chi connectivity index (χ0) is 15.2. The normalized spacial score (nSPS) is 14.8. The number of carboxylic acids is 1. The number of pyridine rings is 1. The molecule has 1 aromatic heterocycles. The third-order valence-corrected chi connectivity index (χ3v) is 4.38. The fourth-order valence-electron chi connectivity index (χ4n) is 2.95. The van der Waals surface area contributed by atoms with Crippen molar-refractivity contribution in [2.24, 2.45) is 5.92 Å². The maximum absolute atomic E-state index is 11.4. The molecule has 1 heterocycles. The lowest BCUT2D eigenvalue weighted by atomic mass is 9.99. The minimum atomic E-state index is -0.888. The molecule has 0 spiro atoms. The van der Waals surface area contributed by atoms with Gasteiger partial charge >= 0.3 is 5.97 Å². The van der Waals surface area contributed by atoms with Gasteiger partial charge in [-0.3, -0.25) is 0 Å².